The normalized spacial score (nSPS) is 8.80. The maximum Gasteiger partial charge on any atom is 4.00 e. The van der Waals surface area contributed by atoms with Crippen LogP contribution < -0.4 is 20.4 Å². The van der Waals surface area contributed by atoms with Crippen LogP contribution in [0.5, 0.6) is 0 Å². The molecule has 0 aromatic carbocycles. The number of carboxylic acid groups (broad SMARTS) is 4. The first-order valence-corrected chi connectivity index (χ1v) is 7.41. The van der Waals surface area contributed by atoms with Crippen molar-refractivity contribution in [3.05, 3.63) is 0 Å². The van der Waals surface area contributed by atoms with E-state index >= 15 is 0 Å². The summed E-state index contributed by atoms with van der Waals surface area (Å²) in [4.78, 5) is 38.4. The molecule has 25 heavy (non-hydrogen) atoms. The van der Waals surface area contributed by atoms with Crippen LogP contribution in [0.4, 0.5) is 0 Å². The van der Waals surface area contributed by atoms with Gasteiger partial charge in [0.05, 0.1) is 0 Å². The second-order valence-corrected chi connectivity index (χ2v) is 5.89. The van der Waals surface area contributed by atoms with Gasteiger partial charge in [0.2, 0.25) is 0 Å². The summed E-state index contributed by atoms with van der Waals surface area (Å²) in [6.45, 7) is 12.6. The quantitative estimate of drug-likeness (QED) is 0.336. The van der Waals surface area contributed by atoms with Gasteiger partial charge in [-0.3, -0.25) is 0 Å². The molecule has 9 heteroatoms. The molecule has 0 atom stereocenters. The predicted octanol–water partition coefficient (Wildman–Crippen LogP) is -2.81. The first-order valence-electron chi connectivity index (χ1n) is 7.41. The van der Waals surface area contributed by atoms with Crippen molar-refractivity contribution in [1.82, 2.24) is 0 Å². The van der Waals surface area contributed by atoms with Crippen LogP contribution >= 0.6 is 0 Å². The van der Waals surface area contributed by atoms with Crippen molar-refractivity contribution in [2.75, 3.05) is 0 Å². The topological polar surface area (TPSA) is 161 Å². The van der Waals surface area contributed by atoms with Gasteiger partial charge in [-0.25, -0.2) is 0 Å². The Kier molecular flexibility index (Phi) is 29.2. The molecule has 0 spiro atoms. The molecule has 0 bridgehead atoms. The van der Waals surface area contributed by atoms with E-state index in [4.69, 9.17) is 0 Å². The maximum atomic E-state index is 9.59. The summed E-state index contributed by atoms with van der Waals surface area (Å²) in [7, 11) is 0. The van der Waals surface area contributed by atoms with Crippen LogP contribution in [-0.2, 0) is 19.2 Å². The third kappa shape index (κ3) is 45.0. The fourth-order valence-corrected chi connectivity index (χ4v) is 0. The Balaban J connectivity index is -0.0000000702. The summed E-state index contributed by atoms with van der Waals surface area (Å²) in [5.74, 6) is -5.33. The molecule has 0 N–H and O–H groups in total. The Labute approximate surface area is 169 Å². The van der Waals surface area contributed by atoms with E-state index in [1.807, 2.05) is 0 Å². The standard InChI is InChI=1S/4C4H8O2.Pb/c4*1-3(2)4(5)6;/h4*3H,1-2H3,(H,5,6);/q;;;;+4/p-4. The molecule has 0 aliphatic heterocycles. The summed E-state index contributed by atoms with van der Waals surface area (Å²) in [5, 5.41) is 38.4. The molecule has 0 heterocycles. The van der Waals surface area contributed by atoms with Gasteiger partial charge in [0.15, 0.2) is 0 Å². The molecule has 0 aromatic heterocycles. The van der Waals surface area contributed by atoms with Crippen molar-refractivity contribution >= 4 is 51.2 Å². The maximum absolute atomic E-state index is 9.59. The number of hydrogen-bond acceptors (Lipinski definition) is 8. The smallest absolute Gasteiger partial charge is 0.550 e. The van der Waals surface area contributed by atoms with Crippen molar-refractivity contribution < 1.29 is 39.6 Å². The Morgan fingerprint density at radius 2 is 0.480 bits per heavy atom. The molecule has 0 aliphatic rings. The number of hydrogen-bond donors (Lipinski definition) is 0. The van der Waals surface area contributed by atoms with E-state index in [1.165, 1.54) is 0 Å². The zero-order valence-electron chi connectivity index (χ0n) is 16.1. The van der Waals surface area contributed by atoms with Gasteiger partial charge >= 0.3 is 27.3 Å². The third-order valence-electron chi connectivity index (χ3n) is 1.89. The predicted molar refractivity (Wildman–Crippen MR) is 85.1 cm³/mol. The van der Waals surface area contributed by atoms with E-state index in [1.54, 1.807) is 55.4 Å². The minimum Gasteiger partial charge on any atom is -0.550 e. The van der Waals surface area contributed by atoms with Crippen molar-refractivity contribution in [2.24, 2.45) is 23.7 Å². The molecule has 144 valence electrons. The molecule has 0 amide bonds. The van der Waals surface area contributed by atoms with E-state index in [2.05, 4.69) is 0 Å². The van der Waals surface area contributed by atoms with E-state index in [-0.39, 0.29) is 51.0 Å². The molecule has 0 aromatic rings. The number of rotatable bonds is 4. The van der Waals surface area contributed by atoms with Gasteiger partial charge in [0.1, 0.15) is 0 Å². The van der Waals surface area contributed by atoms with Crippen molar-refractivity contribution in [3.8, 4) is 0 Å². The summed E-state index contributed by atoms with van der Waals surface area (Å²) in [6, 6.07) is 0. The number of carbonyl (C=O) groups is 4. The van der Waals surface area contributed by atoms with Crippen LogP contribution in [-0.4, -0.2) is 51.2 Å². The van der Waals surface area contributed by atoms with Crippen molar-refractivity contribution in [1.29, 1.82) is 0 Å². The first-order chi connectivity index (χ1) is 10.6. The number of carbonyl (C=O) groups excluding carboxylic acids is 4. The number of carboxylic acids is 4. The average Bonchev–Trinajstić information content (AvgIpc) is 2.40. The Morgan fingerprint density at radius 3 is 0.480 bits per heavy atom. The van der Waals surface area contributed by atoms with Crippen LogP contribution in [0.2, 0.25) is 0 Å². The van der Waals surface area contributed by atoms with Gasteiger partial charge in [0.25, 0.3) is 0 Å². The van der Waals surface area contributed by atoms with Crippen LogP contribution in [0.25, 0.3) is 0 Å². The molecule has 0 saturated carbocycles. The first kappa shape index (κ1) is 35.0. The summed E-state index contributed by atoms with van der Waals surface area (Å²) < 4.78 is 0. The van der Waals surface area contributed by atoms with Crippen molar-refractivity contribution in [2.45, 2.75) is 55.4 Å². The second-order valence-electron chi connectivity index (χ2n) is 5.89. The fraction of sp³-hybridized carbons (Fsp3) is 0.750. The molecule has 0 radical (unpaired) electrons. The minimum atomic E-state index is -0.991. The van der Waals surface area contributed by atoms with Gasteiger partial charge < -0.3 is 39.6 Å². The van der Waals surface area contributed by atoms with Gasteiger partial charge in [-0.2, -0.15) is 0 Å². The minimum absolute atomic E-state index is 0. The van der Waals surface area contributed by atoms with Gasteiger partial charge in [-0.15, -0.1) is 0 Å². The molecule has 0 rings (SSSR count). The molecule has 0 saturated heterocycles. The van der Waals surface area contributed by atoms with Crippen molar-refractivity contribution in [3.63, 3.8) is 0 Å². The Morgan fingerprint density at radius 1 is 0.440 bits per heavy atom. The van der Waals surface area contributed by atoms with Crippen LogP contribution in [0.3, 0.4) is 0 Å². The van der Waals surface area contributed by atoms with Gasteiger partial charge in [0, 0.05) is 23.9 Å². The molecule has 8 nitrogen and oxygen atoms in total. The summed E-state index contributed by atoms with van der Waals surface area (Å²) in [6.07, 6.45) is 0. The molecular weight excluding hydrogens is 527 g/mol. The van der Waals surface area contributed by atoms with E-state index in [0.29, 0.717) is 0 Å². The van der Waals surface area contributed by atoms with E-state index < -0.39 is 23.9 Å². The number of aliphatic carboxylic acids is 4. The third-order valence-corrected chi connectivity index (χ3v) is 1.89. The monoisotopic (exact) mass is 556 g/mol. The fourth-order valence-electron chi connectivity index (χ4n) is 0. The average molecular weight is 556 g/mol. The largest absolute Gasteiger partial charge is 4.00 e. The summed E-state index contributed by atoms with van der Waals surface area (Å²) >= 11 is 0. The van der Waals surface area contributed by atoms with Gasteiger partial charge in [-0.1, -0.05) is 55.4 Å². The second kappa shape index (κ2) is 20.8. The van der Waals surface area contributed by atoms with Crippen LogP contribution in [0.1, 0.15) is 55.4 Å². The van der Waals surface area contributed by atoms with Crippen LogP contribution in [0.15, 0.2) is 0 Å². The SMILES string of the molecule is CC(C)C(=O)[O-].CC(C)C(=O)[O-].CC(C)C(=O)[O-].CC(C)C(=O)[O-].[Pb+4]. The molecular formula is C16H28O8Pb. The zero-order chi connectivity index (χ0) is 20.6. The van der Waals surface area contributed by atoms with E-state index in [0.717, 1.165) is 0 Å². The van der Waals surface area contributed by atoms with E-state index in [9.17, 15) is 39.6 Å². The zero-order valence-corrected chi connectivity index (χ0v) is 20.0. The molecule has 0 unspecified atom stereocenters. The Bertz CT molecular complexity index is 304. The Hall–Kier alpha value is -1.20. The molecule has 0 aliphatic carbocycles. The van der Waals surface area contributed by atoms with Gasteiger partial charge in [-0.05, 0) is 23.7 Å². The summed E-state index contributed by atoms with van der Waals surface area (Å²) in [5.41, 5.74) is 0. The molecule has 0 fully saturated rings. The van der Waals surface area contributed by atoms with Crippen LogP contribution in [0, 0.1) is 23.7 Å².